The van der Waals surface area contributed by atoms with E-state index in [0.29, 0.717) is 0 Å². The molecule has 0 unspecified atom stereocenters. The summed E-state index contributed by atoms with van der Waals surface area (Å²) in [4.78, 5) is 17.3. The van der Waals surface area contributed by atoms with Crippen molar-refractivity contribution in [3.8, 4) is 0 Å². The number of benzene rings is 2. The van der Waals surface area contributed by atoms with E-state index in [-0.39, 0.29) is 11.9 Å². The fourth-order valence-electron chi connectivity index (χ4n) is 4.31. The second-order valence-corrected chi connectivity index (χ2v) is 7.66. The van der Waals surface area contributed by atoms with E-state index in [9.17, 15) is 4.79 Å². The number of carbonyl (C=O) groups excluding carboxylic acids is 1. The first kappa shape index (κ1) is 17.9. The summed E-state index contributed by atoms with van der Waals surface area (Å²) in [7, 11) is 0. The summed E-state index contributed by atoms with van der Waals surface area (Å²) in [5.74, 6) is 0.205. The van der Waals surface area contributed by atoms with E-state index in [0.717, 1.165) is 44.7 Å². The molecule has 1 fully saturated rings. The van der Waals surface area contributed by atoms with Gasteiger partial charge in [-0.2, -0.15) is 0 Å². The summed E-state index contributed by atoms with van der Waals surface area (Å²) in [6, 6.07) is 16.7. The molecule has 1 amide bonds. The van der Waals surface area contributed by atoms with Gasteiger partial charge < -0.3 is 15.1 Å². The van der Waals surface area contributed by atoms with Crippen molar-refractivity contribution in [3.63, 3.8) is 0 Å². The lowest BCUT2D eigenvalue weighted by molar-refractivity contribution is -0.131. The Kier molecular flexibility index (Phi) is 5.33. The molecule has 0 radical (unpaired) electrons. The van der Waals surface area contributed by atoms with Gasteiger partial charge in [0.2, 0.25) is 5.91 Å². The molecule has 1 aliphatic carbocycles. The molecule has 4 rings (SSSR count). The highest BCUT2D eigenvalue weighted by atomic mass is 16.2. The molecule has 0 bridgehead atoms. The molecule has 1 atom stereocenters. The van der Waals surface area contributed by atoms with Gasteiger partial charge in [0.05, 0.1) is 0 Å². The molecule has 2 aromatic rings. The maximum atomic E-state index is 13.0. The Morgan fingerprint density at radius 1 is 0.926 bits per heavy atom. The van der Waals surface area contributed by atoms with Crippen LogP contribution in [0.5, 0.6) is 0 Å². The van der Waals surface area contributed by atoms with Crippen LogP contribution < -0.4 is 10.2 Å². The van der Waals surface area contributed by atoms with E-state index in [1.54, 1.807) is 0 Å². The topological polar surface area (TPSA) is 35.6 Å². The molecular weight excluding hydrogens is 334 g/mol. The van der Waals surface area contributed by atoms with Gasteiger partial charge in [-0.25, -0.2) is 0 Å². The van der Waals surface area contributed by atoms with Crippen molar-refractivity contribution in [2.45, 2.75) is 38.6 Å². The number of amides is 1. The van der Waals surface area contributed by atoms with Crippen LogP contribution in [0.1, 0.15) is 30.9 Å². The predicted octanol–water partition coefficient (Wildman–Crippen LogP) is 3.71. The van der Waals surface area contributed by atoms with Crippen LogP contribution in [0, 0.1) is 0 Å². The molecule has 2 aromatic carbocycles. The van der Waals surface area contributed by atoms with Crippen LogP contribution in [-0.2, 0) is 17.6 Å². The number of piperazine rings is 1. The number of aryl methyl sites for hydroxylation is 1. The molecule has 142 valence electrons. The Bertz CT molecular complexity index is 781. The molecule has 2 aliphatic rings. The van der Waals surface area contributed by atoms with Gasteiger partial charge in [-0.15, -0.1) is 0 Å². The highest BCUT2D eigenvalue weighted by molar-refractivity contribution is 5.85. The molecule has 4 heteroatoms. The number of carbonyl (C=O) groups is 1. The third-order valence-corrected chi connectivity index (χ3v) is 5.85. The molecule has 0 aromatic heterocycles. The van der Waals surface area contributed by atoms with E-state index in [2.05, 4.69) is 52.7 Å². The molecular formula is C23H29N3O. The summed E-state index contributed by atoms with van der Waals surface area (Å²) in [6.07, 6.45) is 4.80. The van der Waals surface area contributed by atoms with Crippen molar-refractivity contribution in [2.24, 2.45) is 0 Å². The summed E-state index contributed by atoms with van der Waals surface area (Å²) >= 11 is 0. The van der Waals surface area contributed by atoms with Gasteiger partial charge in [-0.05, 0) is 61.9 Å². The lowest BCUT2D eigenvalue weighted by atomic mass is 9.90. The number of rotatable bonds is 4. The van der Waals surface area contributed by atoms with Crippen molar-refractivity contribution < 1.29 is 4.79 Å². The number of hydrogen-bond acceptors (Lipinski definition) is 3. The summed E-state index contributed by atoms with van der Waals surface area (Å²) in [5.41, 5.74) is 5.25. The van der Waals surface area contributed by atoms with Crippen LogP contribution >= 0.6 is 0 Å². The largest absolute Gasteiger partial charge is 0.374 e. The van der Waals surface area contributed by atoms with Crippen LogP contribution in [-0.4, -0.2) is 43.0 Å². The molecule has 1 N–H and O–H groups in total. The summed E-state index contributed by atoms with van der Waals surface area (Å²) in [5, 5.41) is 3.51. The van der Waals surface area contributed by atoms with Crippen molar-refractivity contribution in [3.05, 3.63) is 59.7 Å². The SMILES string of the molecule is C[C@H](Nc1cccc2c1CCCC2)C(=O)N1CCN(c2ccccc2)CC1. The molecule has 1 aliphatic heterocycles. The van der Waals surface area contributed by atoms with Crippen LogP contribution in [0.25, 0.3) is 0 Å². The van der Waals surface area contributed by atoms with Crippen LogP contribution in [0.2, 0.25) is 0 Å². The highest BCUT2D eigenvalue weighted by Gasteiger charge is 2.25. The average Bonchev–Trinajstić information content (AvgIpc) is 2.74. The van der Waals surface area contributed by atoms with Gasteiger partial charge in [-0.3, -0.25) is 4.79 Å². The van der Waals surface area contributed by atoms with Gasteiger partial charge in [0, 0.05) is 37.6 Å². The number of anilines is 2. The fraction of sp³-hybridized carbons (Fsp3) is 0.435. The second kappa shape index (κ2) is 8.03. The van der Waals surface area contributed by atoms with Gasteiger partial charge in [0.15, 0.2) is 0 Å². The number of nitrogens with zero attached hydrogens (tertiary/aromatic N) is 2. The predicted molar refractivity (Wildman–Crippen MR) is 111 cm³/mol. The Balaban J connectivity index is 1.36. The van der Waals surface area contributed by atoms with Crippen LogP contribution in [0.3, 0.4) is 0 Å². The van der Waals surface area contributed by atoms with Crippen molar-refractivity contribution in [2.75, 3.05) is 36.4 Å². The van der Waals surface area contributed by atoms with Crippen molar-refractivity contribution in [1.29, 1.82) is 0 Å². The monoisotopic (exact) mass is 363 g/mol. The molecule has 1 saturated heterocycles. The van der Waals surface area contributed by atoms with Crippen LogP contribution in [0.15, 0.2) is 48.5 Å². The van der Waals surface area contributed by atoms with Gasteiger partial charge in [0.25, 0.3) is 0 Å². The van der Waals surface area contributed by atoms with Crippen molar-refractivity contribution >= 4 is 17.3 Å². The van der Waals surface area contributed by atoms with E-state index < -0.39 is 0 Å². The first-order valence-corrected chi connectivity index (χ1v) is 10.2. The first-order chi connectivity index (χ1) is 13.2. The first-order valence-electron chi connectivity index (χ1n) is 10.2. The van der Waals surface area contributed by atoms with E-state index >= 15 is 0 Å². The molecule has 1 heterocycles. The van der Waals surface area contributed by atoms with Gasteiger partial charge >= 0.3 is 0 Å². The Morgan fingerprint density at radius 2 is 1.67 bits per heavy atom. The van der Waals surface area contributed by atoms with E-state index in [1.807, 2.05) is 17.9 Å². The fourth-order valence-corrected chi connectivity index (χ4v) is 4.31. The second-order valence-electron chi connectivity index (χ2n) is 7.66. The summed E-state index contributed by atoms with van der Waals surface area (Å²) < 4.78 is 0. The van der Waals surface area contributed by atoms with Crippen LogP contribution in [0.4, 0.5) is 11.4 Å². The lowest BCUT2D eigenvalue weighted by Crippen LogP contribution is -2.52. The average molecular weight is 364 g/mol. The lowest BCUT2D eigenvalue weighted by Gasteiger charge is -2.37. The molecule has 0 spiro atoms. The minimum Gasteiger partial charge on any atom is -0.374 e. The Labute approximate surface area is 162 Å². The van der Waals surface area contributed by atoms with E-state index in [1.165, 1.54) is 29.7 Å². The number of para-hydroxylation sites is 1. The zero-order valence-electron chi connectivity index (χ0n) is 16.2. The molecule has 27 heavy (non-hydrogen) atoms. The smallest absolute Gasteiger partial charge is 0.244 e. The van der Waals surface area contributed by atoms with E-state index in [4.69, 9.17) is 0 Å². The maximum absolute atomic E-state index is 13.0. The molecule has 0 saturated carbocycles. The zero-order valence-corrected chi connectivity index (χ0v) is 16.2. The van der Waals surface area contributed by atoms with Gasteiger partial charge in [-0.1, -0.05) is 30.3 Å². The highest BCUT2D eigenvalue weighted by Crippen LogP contribution is 2.28. The maximum Gasteiger partial charge on any atom is 0.244 e. The standard InChI is InChI=1S/C23H29N3O/c1-18(24-22-13-7-9-19-8-5-6-12-21(19)22)23(27)26-16-14-25(15-17-26)20-10-3-2-4-11-20/h2-4,7,9-11,13,18,24H,5-6,8,12,14-17H2,1H3/t18-/m0/s1. The minimum absolute atomic E-state index is 0.193. The van der Waals surface area contributed by atoms with Crippen molar-refractivity contribution in [1.82, 2.24) is 4.90 Å². The minimum atomic E-state index is -0.193. The third-order valence-electron chi connectivity index (χ3n) is 5.85. The number of hydrogen-bond donors (Lipinski definition) is 1. The Morgan fingerprint density at radius 3 is 2.44 bits per heavy atom. The Hall–Kier alpha value is -2.49. The quantitative estimate of drug-likeness (QED) is 0.899. The zero-order chi connectivity index (χ0) is 18.6. The normalized spacial score (nSPS) is 18.0. The van der Waals surface area contributed by atoms with Gasteiger partial charge in [0.1, 0.15) is 6.04 Å². The molecule has 4 nitrogen and oxygen atoms in total. The number of fused-ring (bicyclic) bond motifs is 1. The summed E-state index contributed by atoms with van der Waals surface area (Å²) in [6.45, 7) is 5.35. The third kappa shape index (κ3) is 3.95. The number of nitrogens with one attached hydrogen (secondary N) is 1.